The van der Waals surface area contributed by atoms with E-state index in [0.717, 1.165) is 28.7 Å². The van der Waals surface area contributed by atoms with Crippen LogP contribution < -0.4 is 5.32 Å². The summed E-state index contributed by atoms with van der Waals surface area (Å²) >= 11 is 0. The van der Waals surface area contributed by atoms with E-state index in [-0.39, 0.29) is 30.9 Å². The van der Waals surface area contributed by atoms with Crippen LogP contribution in [0.5, 0.6) is 0 Å². The van der Waals surface area contributed by atoms with E-state index in [4.69, 9.17) is 4.74 Å². The minimum absolute atomic E-state index is 0.123. The number of benzene rings is 2. The van der Waals surface area contributed by atoms with Crippen molar-refractivity contribution < 1.29 is 19.4 Å². The molecule has 30 heavy (non-hydrogen) atoms. The Morgan fingerprint density at radius 2 is 1.73 bits per heavy atom. The molecule has 0 aliphatic rings. The number of aliphatic hydroxyl groups is 1. The second kappa shape index (κ2) is 10.9. The highest BCUT2D eigenvalue weighted by atomic mass is 16.5. The zero-order valence-corrected chi connectivity index (χ0v) is 18.6. The van der Waals surface area contributed by atoms with Crippen molar-refractivity contribution in [2.45, 2.75) is 59.6 Å². The molecule has 0 aliphatic heterocycles. The molecule has 0 spiro atoms. The summed E-state index contributed by atoms with van der Waals surface area (Å²) < 4.78 is 4.73. The Bertz CT molecular complexity index is 868. The highest BCUT2D eigenvalue weighted by Gasteiger charge is 2.20. The van der Waals surface area contributed by atoms with E-state index in [2.05, 4.69) is 51.2 Å². The van der Waals surface area contributed by atoms with Gasteiger partial charge in [-0.1, -0.05) is 55.3 Å². The highest BCUT2D eigenvalue weighted by molar-refractivity contribution is 5.96. The minimum atomic E-state index is -0.319. The summed E-state index contributed by atoms with van der Waals surface area (Å²) in [5.74, 6) is -0.117. The third-order valence-corrected chi connectivity index (χ3v) is 5.09. The maximum absolute atomic E-state index is 13.3. The van der Waals surface area contributed by atoms with E-state index in [1.807, 2.05) is 0 Å². The van der Waals surface area contributed by atoms with Gasteiger partial charge in [0.15, 0.2) is 0 Å². The van der Waals surface area contributed by atoms with Crippen molar-refractivity contribution in [1.29, 1.82) is 0 Å². The maximum atomic E-state index is 13.3. The average molecular weight is 412 g/mol. The van der Waals surface area contributed by atoms with Gasteiger partial charge >= 0.3 is 5.97 Å². The molecule has 2 aromatic rings. The molecule has 0 fully saturated rings. The monoisotopic (exact) mass is 411 g/mol. The molecule has 2 N–H and O–H groups in total. The van der Waals surface area contributed by atoms with Crippen LogP contribution in [0.2, 0.25) is 0 Å². The van der Waals surface area contributed by atoms with E-state index < -0.39 is 0 Å². The first-order chi connectivity index (χ1) is 14.2. The molecule has 0 saturated carbocycles. The molecule has 0 radical (unpaired) electrons. The number of amides is 1. The predicted octanol–water partition coefficient (Wildman–Crippen LogP) is 4.42. The van der Waals surface area contributed by atoms with E-state index in [1.165, 1.54) is 7.11 Å². The molecule has 0 aliphatic carbocycles. The number of ether oxygens (including phenoxy) is 1. The van der Waals surface area contributed by atoms with Gasteiger partial charge in [-0.25, -0.2) is 0 Å². The molecule has 2 rings (SSSR count). The topological polar surface area (TPSA) is 75.6 Å². The largest absolute Gasteiger partial charge is 0.469 e. The number of aryl methyl sites for hydroxylation is 3. The summed E-state index contributed by atoms with van der Waals surface area (Å²) in [6.07, 6.45) is 1.41. The Labute approximate surface area is 179 Å². The lowest BCUT2D eigenvalue weighted by Crippen LogP contribution is -2.30. The first kappa shape index (κ1) is 23.6. The quantitative estimate of drug-likeness (QED) is 0.599. The molecule has 2 aromatic carbocycles. The fourth-order valence-electron chi connectivity index (χ4n) is 3.69. The van der Waals surface area contributed by atoms with Crippen LogP contribution in [0, 0.1) is 19.8 Å². The van der Waals surface area contributed by atoms with Crippen molar-refractivity contribution in [2.24, 2.45) is 5.92 Å². The van der Waals surface area contributed by atoms with Crippen molar-refractivity contribution in [1.82, 2.24) is 5.32 Å². The lowest BCUT2D eigenvalue weighted by Gasteiger charge is -2.23. The van der Waals surface area contributed by atoms with Crippen LogP contribution in [0.25, 0.3) is 0 Å². The molecule has 0 aromatic heterocycles. The van der Waals surface area contributed by atoms with E-state index >= 15 is 0 Å². The van der Waals surface area contributed by atoms with Crippen molar-refractivity contribution in [3.05, 3.63) is 69.8 Å². The number of hydrogen-bond donors (Lipinski definition) is 2. The summed E-state index contributed by atoms with van der Waals surface area (Å²) in [7, 11) is 1.35. The highest BCUT2D eigenvalue weighted by Crippen LogP contribution is 2.25. The Morgan fingerprint density at radius 1 is 1.07 bits per heavy atom. The van der Waals surface area contributed by atoms with Crippen LogP contribution in [0.1, 0.15) is 70.9 Å². The summed E-state index contributed by atoms with van der Waals surface area (Å²) in [5.41, 5.74) is 5.32. The van der Waals surface area contributed by atoms with Gasteiger partial charge in [0.2, 0.25) is 0 Å². The smallest absolute Gasteiger partial charge is 0.305 e. The summed E-state index contributed by atoms with van der Waals surface area (Å²) in [6.45, 7) is 8.23. The normalized spacial score (nSPS) is 12.0. The van der Waals surface area contributed by atoms with Gasteiger partial charge in [0.1, 0.15) is 0 Å². The van der Waals surface area contributed by atoms with Crippen LogP contribution in [0.3, 0.4) is 0 Å². The van der Waals surface area contributed by atoms with Gasteiger partial charge in [-0.2, -0.15) is 0 Å². The van der Waals surface area contributed by atoms with Gasteiger partial charge in [0.25, 0.3) is 5.91 Å². The van der Waals surface area contributed by atoms with Crippen LogP contribution in [-0.2, 0) is 22.6 Å². The van der Waals surface area contributed by atoms with Crippen LogP contribution in [-0.4, -0.2) is 24.1 Å². The van der Waals surface area contributed by atoms with Gasteiger partial charge in [-0.3, -0.25) is 9.59 Å². The number of hydrogen-bond acceptors (Lipinski definition) is 4. The number of carbonyl (C=O) groups excluding carboxylic acids is 2. The Balaban J connectivity index is 2.34. The predicted molar refractivity (Wildman–Crippen MR) is 118 cm³/mol. The maximum Gasteiger partial charge on any atom is 0.305 e. The fourth-order valence-corrected chi connectivity index (χ4v) is 3.69. The summed E-state index contributed by atoms with van der Waals surface area (Å²) in [4.78, 5) is 24.8. The number of esters is 1. The fraction of sp³-hybridized carbons (Fsp3) is 0.440. The lowest BCUT2D eigenvalue weighted by molar-refractivity contribution is -0.140. The molecule has 0 unspecified atom stereocenters. The van der Waals surface area contributed by atoms with Crippen LogP contribution >= 0.6 is 0 Å². The first-order valence-corrected chi connectivity index (χ1v) is 10.4. The number of rotatable bonds is 9. The molecular weight excluding hydrogens is 378 g/mol. The molecule has 5 heteroatoms. The minimum Gasteiger partial charge on any atom is -0.469 e. The number of nitrogens with one attached hydrogen (secondary N) is 1. The third kappa shape index (κ3) is 6.70. The summed E-state index contributed by atoms with van der Waals surface area (Å²) in [5, 5.41) is 12.7. The molecule has 1 amide bonds. The second-order valence-corrected chi connectivity index (χ2v) is 8.30. The number of methoxy groups -OCH3 is 1. The molecule has 0 bridgehead atoms. The van der Waals surface area contributed by atoms with Gasteiger partial charge in [0, 0.05) is 12.0 Å². The third-order valence-electron chi connectivity index (χ3n) is 5.09. The Hall–Kier alpha value is -2.66. The van der Waals surface area contributed by atoms with Gasteiger partial charge < -0.3 is 15.2 Å². The zero-order valence-electron chi connectivity index (χ0n) is 18.6. The number of aliphatic hydroxyl groups excluding tert-OH is 1. The standard InChI is InChI=1S/C25H33NO4/c1-16(2)10-23(21-12-17(3)11-18(4)13-21)26-25(29)22-14-19(15-27)6-7-20(22)8-9-24(28)30-5/h6-7,11-14,16,23,27H,8-10,15H2,1-5H3,(H,26,29)/t23-/m1/s1. The SMILES string of the molecule is COC(=O)CCc1ccc(CO)cc1C(=O)N[C@H](CC(C)C)c1cc(C)cc(C)c1. The molecule has 0 heterocycles. The van der Waals surface area contributed by atoms with Gasteiger partial charge in [0.05, 0.1) is 19.8 Å². The number of carbonyl (C=O) groups is 2. The van der Waals surface area contributed by atoms with E-state index in [0.29, 0.717) is 23.5 Å². The molecule has 5 nitrogen and oxygen atoms in total. The molecular formula is C25H33NO4. The van der Waals surface area contributed by atoms with Crippen molar-refractivity contribution >= 4 is 11.9 Å². The van der Waals surface area contributed by atoms with Gasteiger partial charge in [-0.05, 0) is 55.4 Å². The molecule has 1 atom stereocenters. The average Bonchev–Trinajstić information content (AvgIpc) is 2.70. The van der Waals surface area contributed by atoms with Crippen LogP contribution in [0.4, 0.5) is 0 Å². The van der Waals surface area contributed by atoms with Crippen molar-refractivity contribution in [2.75, 3.05) is 7.11 Å². The molecule has 162 valence electrons. The Kier molecular flexibility index (Phi) is 8.60. The summed E-state index contributed by atoms with van der Waals surface area (Å²) in [6, 6.07) is 11.5. The first-order valence-electron chi connectivity index (χ1n) is 10.4. The van der Waals surface area contributed by atoms with Gasteiger partial charge in [-0.15, -0.1) is 0 Å². The molecule has 0 saturated heterocycles. The van der Waals surface area contributed by atoms with Crippen LogP contribution in [0.15, 0.2) is 36.4 Å². The zero-order chi connectivity index (χ0) is 22.3. The van der Waals surface area contributed by atoms with Crippen molar-refractivity contribution in [3.8, 4) is 0 Å². The van der Waals surface area contributed by atoms with E-state index in [9.17, 15) is 14.7 Å². The second-order valence-electron chi connectivity index (χ2n) is 8.30. The lowest BCUT2D eigenvalue weighted by atomic mass is 9.93. The Morgan fingerprint density at radius 3 is 2.30 bits per heavy atom. The van der Waals surface area contributed by atoms with Crippen molar-refractivity contribution in [3.63, 3.8) is 0 Å². The van der Waals surface area contributed by atoms with E-state index in [1.54, 1.807) is 18.2 Å².